The van der Waals surface area contributed by atoms with Crippen LogP contribution in [-0.4, -0.2) is 67.9 Å². The van der Waals surface area contributed by atoms with Crippen LogP contribution in [0.5, 0.6) is 0 Å². The first-order valence-electron chi connectivity index (χ1n) is 11.4. The number of rotatable bonds is 12. The van der Waals surface area contributed by atoms with Gasteiger partial charge in [0.1, 0.15) is 0 Å². The van der Waals surface area contributed by atoms with Crippen LogP contribution in [0, 0.1) is 0 Å². The minimum atomic E-state index is 0. The van der Waals surface area contributed by atoms with E-state index in [1.807, 2.05) is 25.8 Å². The predicted molar refractivity (Wildman–Crippen MR) is 151 cm³/mol. The van der Waals surface area contributed by atoms with E-state index in [2.05, 4.69) is 85.7 Å². The van der Waals surface area contributed by atoms with Crippen LogP contribution in [0.2, 0.25) is 0 Å². The molecule has 0 aliphatic heterocycles. The molecule has 0 fully saturated rings. The van der Waals surface area contributed by atoms with Gasteiger partial charge in [0.05, 0.1) is 6.33 Å². The molecule has 8 heteroatoms. The average Bonchev–Trinajstić information content (AvgIpc) is 3.35. The Morgan fingerprint density at radius 2 is 1.88 bits per heavy atom. The molecular weight excluding hydrogens is 539 g/mol. The van der Waals surface area contributed by atoms with E-state index in [4.69, 9.17) is 4.74 Å². The quantitative estimate of drug-likeness (QED) is 0.149. The normalized spacial score (nSPS) is 11.4. The van der Waals surface area contributed by atoms with E-state index in [0.717, 1.165) is 45.2 Å². The van der Waals surface area contributed by atoms with Gasteiger partial charge in [-0.15, -0.1) is 24.0 Å². The van der Waals surface area contributed by atoms with Crippen molar-refractivity contribution in [1.82, 2.24) is 25.1 Å². The maximum atomic E-state index is 5.12. The fraction of sp³-hybridized carbons (Fsp3) is 0.385. The Balaban J connectivity index is 0.00000408. The highest BCUT2D eigenvalue weighted by Gasteiger charge is 2.07. The standard InChI is InChI=1S/C26H36N6O.HI/c1-27-26(29-14-16-31(2)15-6-18-33-3)30-19-24-7-4-5-8-25(24)23-11-9-22(10-12-23)20-32-17-13-28-21-32;/h4-5,7-13,17,21H,6,14-16,18-20H2,1-3H3,(H2,27,29,30);1H. The molecule has 0 unspecified atom stereocenters. The number of aliphatic imine (C=N–C) groups is 1. The summed E-state index contributed by atoms with van der Waals surface area (Å²) in [5.41, 5.74) is 4.93. The van der Waals surface area contributed by atoms with Crippen LogP contribution in [0.25, 0.3) is 11.1 Å². The lowest BCUT2D eigenvalue weighted by molar-refractivity contribution is 0.180. The smallest absolute Gasteiger partial charge is 0.191 e. The Bertz CT molecular complexity index is 975. The summed E-state index contributed by atoms with van der Waals surface area (Å²) in [6, 6.07) is 17.3. The Labute approximate surface area is 220 Å². The van der Waals surface area contributed by atoms with Crippen molar-refractivity contribution in [2.75, 3.05) is 47.4 Å². The van der Waals surface area contributed by atoms with Crippen molar-refractivity contribution in [1.29, 1.82) is 0 Å². The van der Waals surface area contributed by atoms with E-state index in [0.29, 0.717) is 6.54 Å². The van der Waals surface area contributed by atoms with Crippen LogP contribution in [0.3, 0.4) is 0 Å². The first-order chi connectivity index (χ1) is 16.2. The zero-order valence-corrected chi connectivity index (χ0v) is 22.7. The Morgan fingerprint density at radius 3 is 2.59 bits per heavy atom. The number of guanidine groups is 1. The van der Waals surface area contributed by atoms with Crippen molar-refractivity contribution < 1.29 is 4.74 Å². The summed E-state index contributed by atoms with van der Waals surface area (Å²) in [5.74, 6) is 0.811. The third kappa shape index (κ3) is 9.08. The number of likely N-dealkylation sites (N-methyl/N-ethyl adjacent to an activating group) is 1. The second-order valence-electron chi connectivity index (χ2n) is 8.09. The van der Waals surface area contributed by atoms with Crippen LogP contribution in [0.15, 0.2) is 72.2 Å². The molecule has 0 saturated heterocycles. The summed E-state index contributed by atoms with van der Waals surface area (Å²) < 4.78 is 7.19. The number of nitrogens with zero attached hydrogens (tertiary/aromatic N) is 4. The van der Waals surface area contributed by atoms with Gasteiger partial charge in [-0.2, -0.15) is 0 Å². The van der Waals surface area contributed by atoms with Crippen molar-refractivity contribution in [2.45, 2.75) is 19.5 Å². The molecule has 34 heavy (non-hydrogen) atoms. The van der Waals surface area contributed by atoms with Gasteiger partial charge >= 0.3 is 0 Å². The number of hydrogen-bond acceptors (Lipinski definition) is 4. The molecule has 7 nitrogen and oxygen atoms in total. The average molecular weight is 577 g/mol. The van der Waals surface area contributed by atoms with E-state index in [-0.39, 0.29) is 24.0 Å². The highest BCUT2D eigenvalue weighted by atomic mass is 127. The van der Waals surface area contributed by atoms with Crippen LogP contribution >= 0.6 is 24.0 Å². The molecule has 1 heterocycles. The number of nitrogens with one attached hydrogen (secondary N) is 2. The number of imidazole rings is 1. The molecule has 0 saturated carbocycles. The molecule has 0 amide bonds. The van der Waals surface area contributed by atoms with Gasteiger partial charge in [0, 0.05) is 65.9 Å². The summed E-state index contributed by atoms with van der Waals surface area (Å²) >= 11 is 0. The molecule has 184 valence electrons. The number of hydrogen-bond donors (Lipinski definition) is 2. The Kier molecular flexibility index (Phi) is 12.7. The zero-order valence-electron chi connectivity index (χ0n) is 20.4. The zero-order chi connectivity index (χ0) is 23.3. The van der Waals surface area contributed by atoms with Gasteiger partial charge in [-0.25, -0.2) is 4.98 Å². The van der Waals surface area contributed by atoms with Gasteiger partial charge in [-0.05, 0) is 35.7 Å². The molecular formula is C26H37IN6O. The number of aromatic nitrogens is 2. The summed E-state index contributed by atoms with van der Waals surface area (Å²) in [7, 11) is 5.68. The summed E-state index contributed by atoms with van der Waals surface area (Å²) in [6.07, 6.45) is 6.67. The number of methoxy groups -OCH3 is 1. The largest absolute Gasteiger partial charge is 0.385 e. The van der Waals surface area contributed by atoms with Gasteiger partial charge in [-0.3, -0.25) is 4.99 Å². The predicted octanol–water partition coefficient (Wildman–Crippen LogP) is 3.85. The third-order valence-electron chi connectivity index (χ3n) is 5.55. The van der Waals surface area contributed by atoms with Crippen molar-refractivity contribution in [3.05, 3.63) is 78.4 Å². The van der Waals surface area contributed by atoms with Crippen molar-refractivity contribution in [3.8, 4) is 11.1 Å². The molecule has 0 aliphatic carbocycles. The number of ether oxygens (including phenoxy) is 1. The van der Waals surface area contributed by atoms with Crippen molar-refractivity contribution >= 4 is 29.9 Å². The highest BCUT2D eigenvalue weighted by molar-refractivity contribution is 14.0. The first-order valence-corrected chi connectivity index (χ1v) is 11.4. The summed E-state index contributed by atoms with van der Waals surface area (Å²) in [6.45, 7) is 5.14. The molecule has 0 radical (unpaired) electrons. The topological polar surface area (TPSA) is 66.7 Å². The van der Waals surface area contributed by atoms with E-state index in [9.17, 15) is 0 Å². The van der Waals surface area contributed by atoms with Crippen LogP contribution in [0.1, 0.15) is 17.5 Å². The second-order valence-corrected chi connectivity index (χ2v) is 8.09. The molecule has 0 atom stereocenters. The van der Waals surface area contributed by atoms with Crippen LogP contribution in [-0.2, 0) is 17.8 Å². The van der Waals surface area contributed by atoms with Gasteiger partial charge in [0.2, 0.25) is 0 Å². The molecule has 0 spiro atoms. The monoisotopic (exact) mass is 576 g/mol. The van der Waals surface area contributed by atoms with Crippen molar-refractivity contribution in [2.24, 2.45) is 4.99 Å². The summed E-state index contributed by atoms with van der Waals surface area (Å²) in [4.78, 5) is 10.8. The van der Waals surface area contributed by atoms with Gasteiger partial charge < -0.3 is 24.8 Å². The molecule has 2 N–H and O–H groups in total. The Morgan fingerprint density at radius 1 is 1.09 bits per heavy atom. The van der Waals surface area contributed by atoms with Crippen molar-refractivity contribution in [3.63, 3.8) is 0 Å². The van der Waals surface area contributed by atoms with Gasteiger partial charge in [0.25, 0.3) is 0 Å². The Hall–Kier alpha value is -2.43. The fourth-order valence-electron chi connectivity index (χ4n) is 3.69. The van der Waals surface area contributed by atoms with Crippen LogP contribution in [0.4, 0.5) is 0 Å². The van der Waals surface area contributed by atoms with E-state index in [1.54, 1.807) is 7.11 Å². The first kappa shape index (κ1) is 27.8. The minimum absolute atomic E-state index is 0. The molecule has 0 bridgehead atoms. The SMILES string of the molecule is CN=C(NCCN(C)CCCOC)NCc1ccccc1-c1ccc(Cn2ccnc2)cc1.I. The van der Waals surface area contributed by atoms with E-state index >= 15 is 0 Å². The number of halogens is 1. The lowest BCUT2D eigenvalue weighted by Crippen LogP contribution is -2.40. The maximum absolute atomic E-state index is 5.12. The maximum Gasteiger partial charge on any atom is 0.191 e. The van der Waals surface area contributed by atoms with Crippen LogP contribution < -0.4 is 10.6 Å². The highest BCUT2D eigenvalue weighted by Crippen LogP contribution is 2.24. The number of benzene rings is 2. The van der Waals surface area contributed by atoms with E-state index in [1.165, 1.54) is 22.3 Å². The second kappa shape index (κ2) is 15.5. The summed E-state index contributed by atoms with van der Waals surface area (Å²) in [5, 5.41) is 6.86. The van der Waals surface area contributed by atoms with E-state index < -0.39 is 0 Å². The third-order valence-corrected chi connectivity index (χ3v) is 5.55. The lowest BCUT2D eigenvalue weighted by Gasteiger charge is -2.18. The lowest BCUT2D eigenvalue weighted by atomic mass is 9.98. The fourth-order valence-corrected chi connectivity index (χ4v) is 3.69. The van der Waals surface area contributed by atoms with Gasteiger partial charge in [-0.1, -0.05) is 48.5 Å². The molecule has 3 aromatic rings. The molecule has 2 aromatic carbocycles. The van der Waals surface area contributed by atoms with Gasteiger partial charge in [0.15, 0.2) is 5.96 Å². The molecule has 0 aliphatic rings. The molecule has 1 aromatic heterocycles. The molecule has 3 rings (SSSR count). The minimum Gasteiger partial charge on any atom is -0.385 e.